The zero-order valence-corrected chi connectivity index (χ0v) is 71.3. The minimum atomic E-state index is -4.77. The van der Waals surface area contributed by atoms with E-state index in [-0.39, 0.29) is 62.4 Å². The van der Waals surface area contributed by atoms with E-state index >= 15 is 0 Å². The fraction of sp³-hybridized carbons (Fsp3) is 0.103. The summed E-state index contributed by atoms with van der Waals surface area (Å²) in [6.07, 6.45) is 1.02. The van der Waals surface area contributed by atoms with Gasteiger partial charge in [-0.1, -0.05) is 60.7 Å². The highest BCUT2D eigenvalue weighted by atomic mass is 32.2. The second-order valence-corrected chi connectivity index (χ2v) is 33.3. The van der Waals surface area contributed by atoms with E-state index in [4.69, 9.17) is 29.9 Å². The maximum atomic E-state index is 12.6. The van der Waals surface area contributed by atoms with Gasteiger partial charge in [0.2, 0.25) is 23.8 Å². The number of rotatable bonds is 34. The Morgan fingerprint density at radius 2 is 0.602 bits per heavy atom. The quantitative estimate of drug-likeness (QED) is 0.00803. The van der Waals surface area contributed by atoms with Crippen LogP contribution < -0.4 is 21.3 Å². The molecular weight excluding hydrogens is 1710 g/mol. The van der Waals surface area contributed by atoms with Gasteiger partial charge in [0.25, 0.3) is 30.4 Å². The Morgan fingerprint density at radius 3 is 0.984 bits per heavy atom. The highest BCUT2D eigenvalue weighted by molar-refractivity contribution is 7.86. The van der Waals surface area contributed by atoms with E-state index in [1.54, 1.807) is 127 Å². The van der Waals surface area contributed by atoms with Crippen molar-refractivity contribution in [3.05, 3.63) is 312 Å². The minimum Gasteiger partial charge on any atom is -0.354 e. The van der Waals surface area contributed by atoms with Crippen LogP contribution >= 0.6 is 0 Å². The molecule has 642 valence electrons. The van der Waals surface area contributed by atoms with E-state index in [1.807, 2.05) is 94.4 Å². The number of hydrogen-bond donors (Lipinski definition) is 8. The molecule has 8 N–H and O–H groups in total. The Morgan fingerprint density at radius 1 is 0.297 bits per heavy atom. The lowest BCUT2D eigenvalue weighted by Crippen LogP contribution is -2.15. The third kappa shape index (κ3) is 25.4. The largest absolute Gasteiger partial charge is 0.354 e. The Balaban J connectivity index is 0.684. The van der Waals surface area contributed by atoms with Gasteiger partial charge in [-0.25, -0.2) is 9.19 Å². The maximum Gasteiger partial charge on any atom is 0.296 e. The standard InChI is InChI=1S/C87H74N26O11S4/c1-54-46-58(16-38-74(54)108-104-64-22-18-62(19-23-64)100-102-66-26-34-72(35-27-66)126(116,117)118)50-82-92-83(51-59-17-39-75(55(2)47-59)111-113-79-43-33-71(53-81(79)128(122,123)124)107-99-61-14-9-6-10-15-61)94-84(93-82)88-44-11-45-89-85-95-86(90-68-30-40-76(56(3)48-68)109-105-65-24-20-63(21-25-65)101-103-67-28-36-73(37-29-67)127(119,120)121)97-87(96-85)91-69-31-41-77(57(4)49-69)110-112-78-42-32-70(52-80(78)125(114)115)106-98-60-12-7-5-8-13-60/h5-10,12-43,46-49,52-53H,11,44-45,50-51H2,1-4H3,(H,114,115)(H,116,117,118)(H,119,120,121)(H,122,123,124)(H,88,92,93,94)(H3,89,90,91,95,96,97). The van der Waals surface area contributed by atoms with Crippen molar-refractivity contribution in [2.24, 2.45) is 81.8 Å². The Bertz CT molecular complexity index is 7090. The topological polar surface area (TPSA) is 524 Å². The summed E-state index contributed by atoms with van der Waals surface area (Å²) < 4.78 is 123. The van der Waals surface area contributed by atoms with E-state index in [0.29, 0.717) is 134 Å². The Hall–Kier alpha value is -15.5. The van der Waals surface area contributed by atoms with Crippen LogP contribution in [0.15, 0.2) is 368 Å². The van der Waals surface area contributed by atoms with E-state index in [0.717, 1.165) is 28.3 Å². The molecule has 12 aromatic carbocycles. The lowest BCUT2D eigenvalue weighted by molar-refractivity contribution is 0.481. The predicted octanol–water partition coefficient (Wildman–Crippen LogP) is 24.5. The molecule has 0 aliphatic heterocycles. The first-order valence-electron chi connectivity index (χ1n) is 38.7. The Kier molecular flexibility index (Phi) is 28.4. The monoisotopic (exact) mass is 1790 g/mol. The average molecular weight is 1790 g/mol. The molecule has 1 atom stereocenters. The molecule has 0 spiro atoms. The van der Waals surface area contributed by atoms with Crippen LogP contribution in [-0.2, 0) is 54.3 Å². The number of hydrogen-bond acceptors (Lipinski definition) is 33. The van der Waals surface area contributed by atoms with Crippen molar-refractivity contribution in [1.29, 1.82) is 0 Å². The molecule has 14 rings (SSSR count). The van der Waals surface area contributed by atoms with Crippen molar-refractivity contribution >= 4 is 168 Å². The average Bonchev–Trinajstić information content (AvgIpc) is 0.810. The lowest BCUT2D eigenvalue weighted by Gasteiger charge is -2.13. The molecule has 2 heterocycles. The molecule has 0 bridgehead atoms. The van der Waals surface area contributed by atoms with Gasteiger partial charge in [-0.05, 0) is 274 Å². The molecule has 0 aliphatic rings. The van der Waals surface area contributed by atoms with Gasteiger partial charge in [0.05, 0.1) is 94.3 Å². The van der Waals surface area contributed by atoms with Crippen LogP contribution in [0.2, 0.25) is 0 Å². The second-order valence-electron chi connectivity index (χ2n) is 28.1. The van der Waals surface area contributed by atoms with Crippen molar-refractivity contribution in [1.82, 2.24) is 29.9 Å². The highest BCUT2D eigenvalue weighted by Crippen LogP contribution is 2.37. The van der Waals surface area contributed by atoms with Gasteiger partial charge in [0.15, 0.2) is 11.1 Å². The van der Waals surface area contributed by atoms with Gasteiger partial charge in [-0.3, -0.25) is 13.7 Å². The summed E-state index contributed by atoms with van der Waals surface area (Å²) in [6, 6.07) is 72.7. The molecule has 0 amide bonds. The SMILES string of the molecule is Cc1cc(Cc2nc(Cc3ccc(N=Nc4ccc(N=Nc5ccccc5)cc4S(=O)(=O)O)c(C)c3)nc(NCCCNc3nc(Nc4ccc(N=Nc5ccc(N=Nc6ccc(S(=O)(=O)O)cc6)cc5)c(C)c4)nc(Nc4ccc(N=Nc5ccc(N=Nc6ccccc6)cc5S(=O)O)c(C)c4)n3)n2)ccc1N=Nc1ccc(N=Nc2ccc(S(=O)(=O)O)cc2)cc1. The molecule has 37 nitrogen and oxygen atoms in total. The van der Waals surface area contributed by atoms with Gasteiger partial charge < -0.3 is 25.8 Å². The number of benzene rings is 12. The van der Waals surface area contributed by atoms with E-state index < -0.39 is 46.3 Å². The van der Waals surface area contributed by atoms with Crippen molar-refractivity contribution in [3.8, 4) is 0 Å². The summed E-state index contributed by atoms with van der Waals surface area (Å²) in [4.78, 5) is 28.1. The molecular formula is C87H74N26O11S4. The fourth-order valence-electron chi connectivity index (χ4n) is 12.0. The van der Waals surface area contributed by atoms with Crippen LogP contribution in [-0.4, -0.2) is 90.7 Å². The zero-order chi connectivity index (χ0) is 89.7. The summed E-state index contributed by atoms with van der Waals surface area (Å²) >= 11 is -2.44. The first-order valence-corrected chi connectivity index (χ1v) is 44.2. The van der Waals surface area contributed by atoms with Crippen LogP contribution in [0.1, 0.15) is 51.5 Å². The molecule has 1 unspecified atom stereocenters. The molecule has 128 heavy (non-hydrogen) atoms. The molecule has 2 aromatic heterocycles. The first kappa shape index (κ1) is 88.8. The number of nitrogens with zero attached hydrogens (tertiary/aromatic N) is 22. The highest BCUT2D eigenvalue weighted by Gasteiger charge is 2.20. The van der Waals surface area contributed by atoms with Gasteiger partial charge in [0.1, 0.15) is 27.9 Å². The smallest absolute Gasteiger partial charge is 0.296 e. The summed E-state index contributed by atoms with van der Waals surface area (Å²) in [5.41, 5.74) is 12.4. The number of anilines is 6. The summed E-state index contributed by atoms with van der Waals surface area (Å²) in [5, 5.41) is 82.1. The molecule has 41 heteroatoms. The van der Waals surface area contributed by atoms with Crippen molar-refractivity contribution in [2.75, 3.05) is 34.4 Å². The molecule has 0 saturated heterocycles. The maximum absolute atomic E-state index is 12.6. The summed E-state index contributed by atoms with van der Waals surface area (Å²) in [5.74, 6) is 1.72. The summed E-state index contributed by atoms with van der Waals surface area (Å²) in [6.45, 7) is 8.13. The van der Waals surface area contributed by atoms with E-state index in [2.05, 4.69) is 103 Å². The van der Waals surface area contributed by atoms with Crippen LogP contribution in [0.4, 0.5) is 126 Å². The molecule has 0 aliphatic carbocycles. The molecule has 14 aromatic rings. The van der Waals surface area contributed by atoms with E-state index in [1.165, 1.54) is 66.7 Å². The summed E-state index contributed by atoms with van der Waals surface area (Å²) in [7, 11) is -13.5. The van der Waals surface area contributed by atoms with Gasteiger partial charge in [-0.15, -0.1) is 10.2 Å². The minimum absolute atomic E-state index is 0.00748. The number of nitrogens with one attached hydrogen (secondary N) is 4. The number of aryl methyl sites for hydroxylation is 4. The normalized spacial score (nSPS) is 12.5. The van der Waals surface area contributed by atoms with Crippen molar-refractivity contribution in [3.63, 3.8) is 0 Å². The number of azo groups is 8. The van der Waals surface area contributed by atoms with Crippen molar-refractivity contribution in [2.45, 2.75) is 66.5 Å². The molecule has 0 saturated carbocycles. The number of aromatic nitrogens is 6. The van der Waals surface area contributed by atoms with E-state index in [9.17, 15) is 47.7 Å². The first-order chi connectivity index (χ1) is 61.6. The Labute approximate surface area is 735 Å². The molecule has 0 radical (unpaired) electrons. The van der Waals surface area contributed by atoms with Crippen LogP contribution in [0.5, 0.6) is 0 Å². The van der Waals surface area contributed by atoms with Crippen LogP contribution in [0, 0.1) is 27.7 Å². The van der Waals surface area contributed by atoms with Gasteiger partial charge in [-0.2, -0.15) is 122 Å². The van der Waals surface area contributed by atoms with Crippen LogP contribution in [0.25, 0.3) is 0 Å². The lowest BCUT2D eigenvalue weighted by atomic mass is 10.1. The van der Waals surface area contributed by atoms with Gasteiger partial charge >= 0.3 is 0 Å². The van der Waals surface area contributed by atoms with Crippen molar-refractivity contribution < 1.29 is 47.7 Å². The second kappa shape index (κ2) is 40.9. The zero-order valence-electron chi connectivity index (χ0n) is 68.1. The van der Waals surface area contributed by atoms with Crippen LogP contribution in [0.3, 0.4) is 0 Å². The third-order valence-electron chi connectivity index (χ3n) is 18.5. The fourth-order valence-corrected chi connectivity index (χ4v) is 14.1. The predicted molar refractivity (Wildman–Crippen MR) is 482 cm³/mol. The molecule has 0 fully saturated rings. The third-order valence-corrected chi connectivity index (χ3v) is 21.8. The van der Waals surface area contributed by atoms with Gasteiger partial charge in [0, 0.05) is 37.3 Å².